The number of hydrogen-bond acceptors (Lipinski definition) is 8. The van der Waals surface area contributed by atoms with Crippen LogP contribution in [0.1, 0.15) is 151 Å². The Bertz CT molecular complexity index is 2070. The fourth-order valence-corrected chi connectivity index (χ4v) is 14.7. The molecule has 4 heterocycles. The Morgan fingerprint density at radius 3 is 2.04 bits per heavy atom. The highest BCUT2D eigenvalue weighted by atomic mass is 16.5. The average Bonchev–Trinajstić information content (AvgIpc) is 3.90. The molecule has 10 rings (SSSR count). The van der Waals surface area contributed by atoms with Gasteiger partial charge in [0.05, 0.1) is 24.8 Å². The highest BCUT2D eigenvalue weighted by Crippen LogP contribution is 2.69. The molecule has 0 bridgehead atoms. The molecule has 0 saturated heterocycles. The number of ether oxygens (including phenoxy) is 3. The number of amides is 1. The topological polar surface area (TPSA) is 126 Å². The number of hydrogen-bond donors (Lipinski definition) is 3. The van der Waals surface area contributed by atoms with E-state index in [0.717, 1.165) is 66.3 Å². The summed E-state index contributed by atoms with van der Waals surface area (Å²) in [7, 11) is 0. The van der Waals surface area contributed by atoms with Crippen LogP contribution in [0.15, 0.2) is 12.1 Å². The van der Waals surface area contributed by atoms with Gasteiger partial charge >= 0.3 is 0 Å². The van der Waals surface area contributed by atoms with E-state index < -0.39 is 22.8 Å². The van der Waals surface area contributed by atoms with Crippen molar-refractivity contribution in [2.75, 3.05) is 0 Å². The maximum absolute atomic E-state index is 14.6. The number of aliphatic hydroxyl groups is 1. The number of rotatable bonds is 1. The van der Waals surface area contributed by atoms with Crippen molar-refractivity contribution in [3.05, 3.63) is 45.5 Å². The normalized spacial score (nSPS) is 41.7. The van der Waals surface area contributed by atoms with Crippen molar-refractivity contribution in [3.63, 3.8) is 0 Å². The third-order valence-electron chi connectivity index (χ3n) is 18.1. The van der Waals surface area contributed by atoms with E-state index in [1.807, 2.05) is 0 Å². The molecule has 2 aromatic carbocycles. The average molecular weight is 754 g/mol. The Morgan fingerprint density at radius 1 is 0.745 bits per heavy atom. The molecule has 1 amide bonds. The van der Waals surface area contributed by atoms with E-state index in [1.165, 1.54) is 0 Å². The molecule has 4 aliphatic heterocycles. The van der Waals surface area contributed by atoms with Gasteiger partial charge in [0.15, 0.2) is 6.23 Å². The fourth-order valence-electron chi connectivity index (χ4n) is 14.7. The number of phenolic OH excluding ortho intramolecular Hbond substituents is 2. The maximum Gasteiger partial charge on any atom is 0.257 e. The minimum absolute atomic E-state index is 0.0864. The summed E-state index contributed by atoms with van der Waals surface area (Å²) in [4.78, 5) is 29.6. The second kappa shape index (κ2) is 11.0. The molecule has 3 N–H and O–H groups in total. The number of carbonyl (C=O) groups excluding carboxylic acids is 2. The lowest BCUT2D eigenvalue weighted by Gasteiger charge is -2.64. The molecular formula is C46H59NO8. The van der Waals surface area contributed by atoms with E-state index in [9.17, 15) is 24.9 Å². The Hall–Kier alpha value is -3.30. The summed E-state index contributed by atoms with van der Waals surface area (Å²) in [6.07, 6.45) is 6.71. The van der Waals surface area contributed by atoms with Crippen LogP contribution in [-0.2, 0) is 35.5 Å². The van der Waals surface area contributed by atoms with Crippen molar-refractivity contribution in [1.29, 1.82) is 0 Å². The van der Waals surface area contributed by atoms with Crippen molar-refractivity contribution in [3.8, 4) is 23.0 Å². The third-order valence-corrected chi connectivity index (χ3v) is 18.1. The van der Waals surface area contributed by atoms with Gasteiger partial charge in [0.1, 0.15) is 40.0 Å². The van der Waals surface area contributed by atoms with Crippen LogP contribution in [0.25, 0.3) is 0 Å². The van der Waals surface area contributed by atoms with Crippen LogP contribution in [-0.4, -0.2) is 49.2 Å². The molecule has 0 aromatic heterocycles. The van der Waals surface area contributed by atoms with Crippen molar-refractivity contribution >= 4 is 11.7 Å². The van der Waals surface area contributed by atoms with E-state index in [-0.39, 0.29) is 76.6 Å². The van der Waals surface area contributed by atoms with Crippen LogP contribution in [0.2, 0.25) is 0 Å². The lowest BCUT2D eigenvalue weighted by molar-refractivity contribution is -0.210. The predicted molar refractivity (Wildman–Crippen MR) is 205 cm³/mol. The summed E-state index contributed by atoms with van der Waals surface area (Å²) >= 11 is 0. The Balaban J connectivity index is 1.01. The number of fused-ring (bicyclic) bond motifs is 10. The van der Waals surface area contributed by atoms with Gasteiger partial charge in [-0.3, -0.25) is 9.59 Å². The van der Waals surface area contributed by atoms with Crippen molar-refractivity contribution < 1.29 is 39.1 Å². The summed E-state index contributed by atoms with van der Waals surface area (Å²) in [5.74, 6) is 2.46. The number of Topliss-reactive ketones (excluding diaryl/α,β-unsaturated/α-hetero) is 1. The van der Waals surface area contributed by atoms with Gasteiger partial charge in [-0.15, -0.1) is 0 Å². The molecule has 0 unspecified atom stereocenters. The zero-order valence-electron chi connectivity index (χ0n) is 33.9. The minimum atomic E-state index is -0.736. The first-order valence-corrected chi connectivity index (χ1v) is 21.1. The molecule has 55 heavy (non-hydrogen) atoms. The van der Waals surface area contributed by atoms with Crippen LogP contribution in [0, 0.1) is 45.3 Å². The number of ketones is 1. The van der Waals surface area contributed by atoms with E-state index in [2.05, 4.69) is 55.4 Å². The molecule has 0 radical (unpaired) electrons. The van der Waals surface area contributed by atoms with Gasteiger partial charge < -0.3 is 34.4 Å². The maximum atomic E-state index is 14.6. The molecule has 2 aromatic rings. The van der Waals surface area contributed by atoms with Crippen LogP contribution in [0.3, 0.4) is 0 Å². The van der Waals surface area contributed by atoms with E-state index in [4.69, 9.17) is 14.2 Å². The Kier molecular flexibility index (Phi) is 7.21. The minimum Gasteiger partial charge on any atom is -0.508 e. The van der Waals surface area contributed by atoms with Crippen molar-refractivity contribution in [2.45, 2.75) is 156 Å². The molecule has 2 spiro atoms. The van der Waals surface area contributed by atoms with Crippen LogP contribution >= 0.6 is 0 Å². The number of aliphatic hydroxyl groups excluding tert-OH is 1. The highest BCUT2D eigenvalue weighted by molar-refractivity contribution is 6.00. The lowest BCUT2D eigenvalue weighted by atomic mass is 9.43. The first kappa shape index (κ1) is 36.1. The second-order valence-corrected chi connectivity index (χ2v) is 20.9. The molecule has 4 aliphatic carbocycles. The SMILES string of the molecule is C[C@@H]1CC[C@H]2C(C)(C)C(=O)CC[C@]2(C)[C@@]12Cc1c(O)cc3c(c1O2)CN([C@H]1OCc2cc(O)c4c(c21)O[C@]1(C4)[C@H](C)CC[C@H]2C(C)(C)[C@H](O)CC[C@@]21C)C3=O. The third kappa shape index (κ3) is 4.18. The molecule has 9 nitrogen and oxygen atoms in total. The summed E-state index contributed by atoms with van der Waals surface area (Å²) in [6.45, 7) is 18.3. The van der Waals surface area contributed by atoms with Crippen molar-refractivity contribution in [1.82, 2.24) is 4.90 Å². The summed E-state index contributed by atoms with van der Waals surface area (Å²) in [5.41, 5.74) is 1.94. The van der Waals surface area contributed by atoms with Gasteiger partial charge in [-0.1, -0.05) is 55.4 Å². The summed E-state index contributed by atoms with van der Waals surface area (Å²) in [6, 6.07) is 3.44. The fraction of sp³-hybridized carbons (Fsp3) is 0.696. The number of nitrogens with zero attached hydrogens (tertiary/aromatic N) is 1. The van der Waals surface area contributed by atoms with Gasteiger partial charge in [0, 0.05) is 57.8 Å². The Morgan fingerprint density at radius 2 is 1.35 bits per heavy atom. The predicted octanol–water partition coefficient (Wildman–Crippen LogP) is 8.30. The number of phenols is 2. The van der Waals surface area contributed by atoms with Gasteiger partial charge in [0.25, 0.3) is 5.91 Å². The standard InChI is InChI=1S/C46H59NO8/c1-23-9-11-32-41(3,4)34(50)13-15-43(32,7)45(23)19-27-31(49)18-26-29(37(27)54-45)21-47(39(26)52)40-36-25(22-53-40)17-30(48)28-20-46(55-38(28)36)24(2)10-12-33-42(5,6)35(51)14-16-44(33,46)8/h17-18,23-24,32-33,35,40,48-49,51H,9-16,19-22H2,1-8H3/t23-,24-,32+,33+,35-,40+,43+,44+,45-,46-/m1/s1. The van der Waals surface area contributed by atoms with Crippen LogP contribution in [0.5, 0.6) is 23.0 Å². The van der Waals surface area contributed by atoms with Crippen LogP contribution in [0.4, 0.5) is 0 Å². The molecule has 10 atom stereocenters. The lowest BCUT2D eigenvalue weighted by Crippen LogP contribution is -2.66. The number of benzene rings is 2. The molecule has 296 valence electrons. The molecule has 4 saturated carbocycles. The largest absolute Gasteiger partial charge is 0.508 e. The van der Waals surface area contributed by atoms with E-state index in [1.54, 1.807) is 17.0 Å². The number of aromatic hydroxyl groups is 2. The first-order valence-electron chi connectivity index (χ1n) is 21.1. The van der Waals surface area contributed by atoms with Gasteiger partial charge in [-0.2, -0.15) is 0 Å². The number of carbonyl (C=O) groups is 2. The van der Waals surface area contributed by atoms with E-state index in [0.29, 0.717) is 48.5 Å². The van der Waals surface area contributed by atoms with Gasteiger partial charge in [-0.05, 0) is 91.7 Å². The monoisotopic (exact) mass is 753 g/mol. The quantitative estimate of drug-likeness (QED) is 0.266. The smallest absolute Gasteiger partial charge is 0.257 e. The first-order chi connectivity index (χ1) is 25.8. The van der Waals surface area contributed by atoms with Gasteiger partial charge in [0.2, 0.25) is 0 Å². The Labute approximate surface area is 325 Å². The molecule has 8 aliphatic rings. The van der Waals surface area contributed by atoms with Crippen molar-refractivity contribution in [2.24, 2.45) is 45.3 Å². The van der Waals surface area contributed by atoms with E-state index >= 15 is 0 Å². The summed E-state index contributed by atoms with van der Waals surface area (Å²) < 4.78 is 21.2. The zero-order valence-corrected chi connectivity index (χ0v) is 33.9. The molecule has 9 heteroatoms. The van der Waals surface area contributed by atoms with Gasteiger partial charge in [-0.25, -0.2) is 0 Å². The van der Waals surface area contributed by atoms with Crippen LogP contribution < -0.4 is 9.47 Å². The highest BCUT2D eigenvalue weighted by Gasteiger charge is 2.69. The zero-order chi connectivity index (χ0) is 39.0. The molecular weight excluding hydrogens is 695 g/mol. The molecule has 4 fully saturated rings. The second-order valence-electron chi connectivity index (χ2n) is 20.9. The summed E-state index contributed by atoms with van der Waals surface area (Å²) in [5, 5.41) is 34.4.